The summed E-state index contributed by atoms with van der Waals surface area (Å²) < 4.78 is 6.16. The lowest BCUT2D eigenvalue weighted by Gasteiger charge is -2.23. The minimum atomic E-state index is -0.262. The molecule has 0 radical (unpaired) electrons. The molecule has 6 N–H and O–H groups in total. The number of hydrogen-bond acceptors (Lipinski definition) is 9. The predicted octanol–water partition coefficient (Wildman–Crippen LogP) is 2.82. The first-order chi connectivity index (χ1) is 18.9. The van der Waals surface area contributed by atoms with Gasteiger partial charge in [0.1, 0.15) is 17.4 Å². The van der Waals surface area contributed by atoms with Gasteiger partial charge in [-0.15, -0.1) is 0 Å². The molecular weight excluding hydrogens is 496 g/mol. The number of fused-ring (bicyclic) bond motifs is 3. The van der Waals surface area contributed by atoms with E-state index in [2.05, 4.69) is 20.8 Å². The van der Waals surface area contributed by atoms with E-state index in [9.17, 15) is 9.59 Å². The molecule has 3 heterocycles. The van der Waals surface area contributed by atoms with Gasteiger partial charge in [-0.2, -0.15) is 0 Å². The molecule has 0 spiro atoms. The number of nitrogens with two attached hydrogens (primary N) is 2. The molecule has 0 aliphatic carbocycles. The minimum absolute atomic E-state index is 0.171. The van der Waals surface area contributed by atoms with Crippen LogP contribution in [0.15, 0.2) is 60.8 Å². The second-order valence-corrected chi connectivity index (χ2v) is 9.12. The molecule has 0 atom stereocenters. The number of hydrazine groups is 2. The number of amides is 2. The normalized spacial score (nSPS) is 12.6. The highest BCUT2D eigenvalue weighted by Gasteiger charge is 2.31. The lowest BCUT2D eigenvalue weighted by molar-refractivity contribution is -0.120. The smallest absolute Gasteiger partial charge is 0.261 e. The van der Waals surface area contributed by atoms with Crippen molar-refractivity contribution in [3.63, 3.8) is 0 Å². The molecule has 11 heteroatoms. The Kier molecular flexibility index (Phi) is 7.26. The molecular formula is C28H30N8O3. The number of carbonyl (C=O) groups excluding carboxylic acids is 2. The van der Waals surface area contributed by atoms with E-state index in [1.165, 1.54) is 0 Å². The first kappa shape index (κ1) is 25.9. The van der Waals surface area contributed by atoms with Crippen molar-refractivity contribution in [1.29, 1.82) is 0 Å². The Balaban J connectivity index is 1.38. The van der Waals surface area contributed by atoms with Crippen LogP contribution in [-0.2, 0) is 17.6 Å². The number of aromatic nitrogens is 2. The Hall–Kier alpha value is -4.74. The lowest BCUT2D eigenvalue weighted by Crippen LogP contribution is -2.31. The number of rotatable bonds is 8. The van der Waals surface area contributed by atoms with Gasteiger partial charge in [-0.25, -0.2) is 21.7 Å². The Morgan fingerprint density at radius 1 is 1.05 bits per heavy atom. The predicted molar refractivity (Wildman–Crippen MR) is 151 cm³/mol. The Morgan fingerprint density at radius 3 is 2.59 bits per heavy atom. The fourth-order valence-corrected chi connectivity index (χ4v) is 4.80. The summed E-state index contributed by atoms with van der Waals surface area (Å²) in [6, 6.07) is 16.9. The van der Waals surface area contributed by atoms with Gasteiger partial charge in [0.2, 0.25) is 5.91 Å². The topological polar surface area (TPSA) is 152 Å². The van der Waals surface area contributed by atoms with Crippen molar-refractivity contribution >= 4 is 45.7 Å². The zero-order valence-corrected chi connectivity index (χ0v) is 21.8. The van der Waals surface area contributed by atoms with Crippen LogP contribution in [0, 0.1) is 0 Å². The van der Waals surface area contributed by atoms with Crippen LogP contribution in [-0.4, -0.2) is 42.0 Å². The summed E-state index contributed by atoms with van der Waals surface area (Å²) in [6.45, 7) is 2.92. The van der Waals surface area contributed by atoms with Gasteiger partial charge in [-0.1, -0.05) is 30.3 Å². The van der Waals surface area contributed by atoms with Gasteiger partial charge >= 0.3 is 0 Å². The number of nitrogen functional groups attached to an aromatic ring is 1. The standard InChI is InChI=1S/C28H30N8O3/c1-3-36-26-21(28(38)35(2)22-9-11-24(33-29)32-27(22)36)14-17(16-31-26)12-13-39-23-10-8-18(15-25(37)34-30)19-6-4-5-7-20(19)23/h4-11,14,16H,3,12-13,15,29-30H2,1-2H3,(H,32,33)(H,34,37). The zero-order valence-electron chi connectivity index (χ0n) is 21.8. The van der Waals surface area contributed by atoms with E-state index in [-0.39, 0.29) is 18.2 Å². The molecule has 39 heavy (non-hydrogen) atoms. The highest BCUT2D eigenvalue weighted by atomic mass is 16.5. The molecule has 2 aromatic heterocycles. The molecule has 0 fully saturated rings. The van der Waals surface area contributed by atoms with Gasteiger partial charge in [-0.3, -0.25) is 15.0 Å². The molecule has 5 rings (SSSR count). The number of benzene rings is 2. The van der Waals surface area contributed by atoms with E-state index in [1.807, 2.05) is 60.4 Å². The van der Waals surface area contributed by atoms with E-state index >= 15 is 0 Å². The van der Waals surface area contributed by atoms with Crippen LogP contribution in [0.5, 0.6) is 5.75 Å². The summed E-state index contributed by atoms with van der Waals surface area (Å²) in [5.41, 5.74) is 7.64. The maximum absolute atomic E-state index is 13.5. The third-order valence-corrected chi connectivity index (χ3v) is 6.78. The average molecular weight is 527 g/mol. The fraction of sp³-hybridized carbons (Fsp3) is 0.214. The van der Waals surface area contributed by atoms with Crippen molar-refractivity contribution in [2.24, 2.45) is 11.7 Å². The number of nitrogens with zero attached hydrogens (tertiary/aromatic N) is 4. The SMILES string of the molecule is CCN1c2ncc(CCOc3ccc(CC(=O)NN)c4ccccc34)cc2C(=O)N(C)c2ccc(NN)nc21. The van der Waals surface area contributed by atoms with Crippen LogP contribution in [0.1, 0.15) is 28.4 Å². The largest absolute Gasteiger partial charge is 0.493 e. The lowest BCUT2D eigenvalue weighted by atomic mass is 10.0. The number of carbonyl (C=O) groups is 2. The molecule has 0 saturated heterocycles. The minimum Gasteiger partial charge on any atom is -0.493 e. The van der Waals surface area contributed by atoms with Crippen molar-refractivity contribution in [2.75, 3.05) is 35.4 Å². The van der Waals surface area contributed by atoms with E-state index in [1.54, 1.807) is 24.2 Å². The van der Waals surface area contributed by atoms with Gasteiger partial charge in [0, 0.05) is 31.6 Å². The first-order valence-electron chi connectivity index (χ1n) is 12.6. The summed E-state index contributed by atoms with van der Waals surface area (Å²) in [5, 5.41) is 1.84. The quantitative estimate of drug-likeness (QED) is 0.154. The van der Waals surface area contributed by atoms with Crippen molar-refractivity contribution in [3.05, 3.63) is 77.5 Å². The molecule has 200 valence electrons. The van der Waals surface area contributed by atoms with Crippen molar-refractivity contribution in [2.45, 2.75) is 19.8 Å². The van der Waals surface area contributed by atoms with Crippen molar-refractivity contribution in [3.8, 4) is 5.75 Å². The Bertz CT molecular complexity index is 1560. The monoisotopic (exact) mass is 526 g/mol. The number of hydrogen-bond donors (Lipinski definition) is 4. The maximum atomic E-state index is 13.5. The zero-order chi connectivity index (χ0) is 27.5. The molecule has 0 unspecified atom stereocenters. The highest BCUT2D eigenvalue weighted by Crippen LogP contribution is 2.38. The van der Waals surface area contributed by atoms with Crippen LogP contribution in [0.3, 0.4) is 0 Å². The number of pyridine rings is 2. The van der Waals surface area contributed by atoms with Crippen LogP contribution in [0.4, 0.5) is 23.1 Å². The third kappa shape index (κ3) is 4.92. The fourth-order valence-electron chi connectivity index (χ4n) is 4.80. The summed E-state index contributed by atoms with van der Waals surface area (Å²) in [5.74, 6) is 12.8. The summed E-state index contributed by atoms with van der Waals surface area (Å²) in [7, 11) is 1.73. The molecule has 2 aromatic carbocycles. The molecule has 4 aromatic rings. The van der Waals surface area contributed by atoms with Crippen molar-refractivity contribution in [1.82, 2.24) is 15.4 Å². The van der Waals surface area contributed by atoms with Gasteiger partial charge in [0.05, 0.1) is 24.3 Å². The molecule has 11 nitrogen and oxygen atoms in total. The van der Waals surface area contributed by atoms with E-state index in [0.29, 0.717) is 54.0 Å². The van der Waals surface area contributed by atoms with Crippen LogP contribution in [0.25, 0.3) is 10.8 Å². The summed E-state index contributed by atoms with van der Waals surface area (Å²) >= 11 is 0. The maximum Gasteiger partial charge on any atom is 0.261 e. The van der Waals surface area contributed by atoms with Gasteiger partial charge in [0.15, 0.2) is 5.82 Å². The van der Waals surface area contributed by atoms with Gasteiger partial charge in [0.25, 0.3) is 5.91 Å². The molecule has 0 saturated carbocycles. The van der Waals surface area contributed by atoms with E-state index < -0.39 is 0 Å². The Labute approximate surface area is 225 Å². The van der Waals surface area contributed by atoms with Gasteiger partial charge in [-0.05, 0) is 47.7 Å². The summed E-state index contributed by atoms with van der Waals surface area (Å²) in [6.07, 6.45) is 2.49. The highest BCUT2D eigenvalue weighted by molar-refractivity contribution is 6.12. The van der Waals surface area contributed by atoms with Crippen LogP contribution < -0.4 is 37.1 Å². The molecule has 0 bridgehead atoms. The average Bonchev–Trinajstić information content (AvgIpc) is 3.05. The molecule has 1 aliphatic heterocycles. The second-order valence-electron chi connectivity index (χ2n) is 9.12. The Morgan fingerprint density at radius 2 is 1.85 bits per heavy atom. The number of ether oxygens (including phenoxy) is 1. The molecule has 1 aliphatic rings. The van der Waals surface area contributed by atoms with E-state index in [4.69, 9.17) is 16.4 Å². The third-order valence-electron chi connectivity index (χ3n) is 6.78. The van der Waals surface area contributed by atoms with Gasteiger partial charge < -0.3 is 20.0 Å². The molecule has 2 amide bonds. The van der Waals surface area contributed by atoms with Crippen LogP contribution in [0.2, 0.25) is 0 Å². The van der Waals surface area contributed by atoms with Crippen LogP contribution >= 0.6 is 0 Å². The second kappa shape index (κ2) is 10.9. The first-order valence-corrected chi connectivity index (χ1v) is 12.6. The number of anilines is 4. The number of nitrogens with one attached hydrogen (secondary N) is 2. The van der Waals surface area contributed by atoms with E-state index in [0.717, 1.165) is 21.9 Å². The van der Waals surface area contributed by atoms with Crippen molar-refractivity contribution < 1.29 is 14.3 Å². The summed E-state index contributed by atoms with van der Waals surface area (Å²) in [4.78, 5) is 38.0.